The van der Waals surface area contributed by atoms with Crippen molar-refractivity contribution in [2.24, 2.45) is 40.4 Å². The minimum absolute atomic E-state index is 0.0423. The highest BCUT2D eigenvalue weighted by molar-refractivity contribution is 5.92. The van der Waals surface area contributed by atoms with Gasteiger partial charge in [-0.05, 0) is 61.2 Å². The van der Waals surface area contributed by atoms with Gasteiger partial charge in [0, 0.05) is 11.3 Å². The summed E-state index contributed by atoms with van der Waals surface area (Å²) < 4.78 is 0. The number of aliphatic hydroxyl groups is 1. The van der Waals surface area contributed by atoms with Crippen LogP contribution in [0.5, 0.6) is 0 Å². The van der Waals surface area contributed by atoms with Gasteiger partial charge in [0.2, 0.25) is 0 Å². The van der Waals surface area contributed by atoms with Gasteiger partial charge in [-0.1, -0.05) is 39.8 Å². The van der Waals surface area contributed by atoms with Gasteiger partial charge in [0.15, 0.2) is 5.78 Å². The van der Waals surface area contributed by atoms with E-state index in [-0.39, 0.29) is 22.5 Å². The number of Topliss-reactive ketones (excluding diaryl/α,β-unsaturated/α-hetero) is 1. The number of carbonyl (C=O) groups excluding carboxylic acids is 1. The molecule has 3 fully saturated rings. The first-order chi connectivity index (χ1) is 10.2. The van der Waals surface area contributed by atoms with E-state index < -0.39 is 5.60 Å². The summed E-state index contributed by atoms with van der Waals surface area (Å²) in [5, 5.41) is 11.6. The van der Waals surface area contributed by atoms with Crippen LogP contribution in [0.15, 0.2) is 12.2 Å². The van der Waals surface area contributed by atoms with Gasteiger partial charge in [0.1, 0.15) is 5.60 Å². The molecule has 0 unspecified atom stereocenters. The molecule has 0 radical (unpaired) electrons. The number of allylic oxidation sites excluding steroid dienone is 2. The molecule has 0 aliphatic heterocycles. The molecule has 2 nitrogen and oxygen atoms in total. The Morgan fingerprint density at radius 1 is 1.09 bits per heavy atom. The number of rotatable bonds is 2. The molecule has 0 heterocycles. The molecule has 4 bridgehead atoms. The van der Waals surface area contributed by atoms with Crippen molar-refractivity contribution in [1.82, 2.24) is 0 Å². The minimum Gasteiger partial charge on any atom is -0.381 e. The summed E-state index contributed by atoms with van der Waals surface area (Å²) in [6.45, 7) is 8.95. The minimum atomic E-state index is -1.09. The van der Waals surface area contributed by atoms with Crippen LogP contribution in [0.4, 0.5) is 0 Å². The largest absolute Gasteiger partial charge is 0.381 e. The van der Waals surface area contributed by atoms with E-state index in [1.165, 1.54) is 12.8 Å². The van der Waals surface area contributed by atoms with E-state index in [1.54, 1.807) is 0 Å². The van der Waals surface area contributed by atoms with Crippen molar-refractivity contribution in [3.63, 3.8) is 0 Å². The third-order valence-corrected chi connectivity index (χ3v) is 8.74. The maximum atomic E-state index is 13.5. The highest BCUT2D eigenvalue weighted by atomic mass is 16.3. The smallest absolute Gasteiger partial charge is 0.168 e. The van der Waals surface area contributed by atoms with Crippen LogP contribution in [0.3, 0.4) is 0 Å². The summed E-state index contributed by atoms with van der Waals surface area (Å²) in [6, 6.07) is 0. The van der Waals surface area contributed by atoms with Gasteiger partial charge in [-0.25, -0.2) is 0 Å². The molecule has 0 aromatic rings. The van der Waals surface area contributed by atoms with E-state index in [0.717, 1.165) is 12.8 Å². The van der Waals surface area contributed by atoms with E-state index in [9.17, 15) is 9.90 Å². The highest BCUT2D eigenvalue weighted by Gasteiger charge is 2.72. The Balaban J connectivity index is 1.71. The first-order valence-electron chi connectivity index (χ1n) is 9.17. The lowest BCUT2D eigenvalue weighted by atomic mass is 9.55. The van der Waals surface area contributed by atoms with E-state index in [2.05, 4.69) is 39.8 Å². The van der Waals surface area contributed by atoms with Crippen LogP contribution in [0.1, 0.15) is 59.8 Å². The van der Waals surface area contributed by atoms with Crippen LogP contribution in [-0.2, 0) is 4.79 Å². The van der Waals surface area contributed by atoms with Gasteiger partial charge in [0.25, 0.3) is 0 Å². The average Bonchev–Trinajstić information content (AvgIpc) is 2.80. The second-order valence-corrected chi connectivity index (χ2v) is 9.39. The quantitative estimate of drug-likeness (QED) is 0.783. The van der Waals surface area contributed by atoms with Crippen molar-refractivity contribution in [1.29, 1.82) is 0 Å². The predicted molar refractivity (Wildman–Crippen MR) is 87.2 cm³/mol. The van der Waals surface area contributed by atoms with Gasteiger partial charge >= 0.3 is 0 Å². The number of ketones is 1. The summed E-state index contributed by atoms with van der Waals surface area (Å²) in [4.78, 5) is 13.5. The number of fused-ring (bicyclic) bond motifs is 4. The van der Waals surface area contributed by atoms with Crippen LogP contribution in [0.25, 0.3) is 0 Å². The third-order valence-electron chi connectivity index (χ3n) is 8.74. The fourth-order valence-electron chi connectivity index (χ4n) is 6.61. The monoisotopic (exact) mass is 302 g/mol. The van der Waals surface area contributed by atoms with E-state index >= 15 is 0 Å². The van der Waals surface area contributed by atoms with E-state index in [4.69, 9.17) is 0 Å². The van der Waals surface area contributed by atoms with Crippen molar-refractivity contribution >= 4 is 5.78 Å². The maximum absolute atomic E-state index is 13.5. The van der Waals surface area contributed by atoms with Gasteiger partial charge in [-0.3, -0.25) is 4.79 Å². The Morgan fingerprint density at radius 2 is 1.73 bits per heavy atom. The van der Waals surface area contributed by atoms with Crippen molar-refractivity contribution < 1.29 is 9.90 Å². The molecule has 0 amide bonds. The summed E-state index contributed by atoms with van der Waals surface area (Å²) in [5.41, 5.74) is -1.27. The molecular weight excluding hydrogens is 272 g/mol. The number of hydrogen-bond donors (Lipinski definition) is 1. The third kappa shape index (κ3) is 1.48. The molecule has 0 saturated heterocycles. The SMILES string of the molecule is C[C@@H]1[C@@H](C(=O)[C@@]2(O)C[C@H]3CC[C@]2(C)C3(C)C)[C@H]2C=C[C@@H]1CC2. The molecule has 5 aliphatic carbocycles. The molecule has 122 valence electrons. The maximum Gasteiger partial charge on any atom is 0.168 e. The lowest BCUT2D eigenvalue weighted by Gasteiger charge is -2.50. The average molecular weight is 302 g/mol. The van der Waals surface area contributed by atoms with Crippen molar-refractivity contribution in [3.8, 4) is 0 Å². The molecule has 0 spiro atoms. The molecule has 7 atom stereocenters. The molecule has 1 N–H and O–H groups in total. The molecule has 22 heavy (non-hydrogen) atoms. The lowest BCUT2D eigenvalue weighted by molar-refractivity contribution is -0.165. The van der Waals surface area contributed by atoms with Gasteiger partial charge < -0.3 is 5.11 Å². The van der Waals surface area contributed by atoms with Crippen LogP contribution in [-0.4, -0.2) is 16.5 Å². The van der Waals surface area contributed by atoms with Gasteiger partial charge in [0.05, 0.1) is 0 Å². The molecule has 3 saturated carbocycles. The van der Waals surface area contributed by atoms with Crippen molar-refractivity contribution in [2.75, 3.05) is 0 Å². The van der Waals surface area contributed by atoms with Gasteiger partial charge in [-0.15, -0.1) is 0 Å². The predicted octanol–water partition coefficient (Wildman–Crippen LogP) is 3.98. The number of hydrogen-bond acceptors (Lipinski definition) is 2. The Bertz CT molecular complexity index is 548. The summed E-state index contributed by atoms with van der Waals surface area (Å²) in [6.07, 6.45) is 9.79. The highest BCUT2D eigenvalue weighted by Crippen LogP contribution is 2.70. The second-order valence-electron chi connectivity index (χ2n) is 9.39. The van der Waals surface area contributed by atoms with Crippen LogP contribution in [0.2, 0.25) is 0 Å². The first kappa shape index (κ1) is 14.9. The normalized spacial score (nSPS) is 54.9. The molecule has 5 aliphatic rings. The second kappa shape index (κ2) is 4.26. The fraction of sp³-hybridized carbons (Fsp3) is 0.850. The van der Waals surface area contributed by atoms with Crippen molar-refractivity contribution in [3.05, 3.63) is 12.2 Å². The molecule has 2 heteroatoms. The zero-order chi connectivity index (χ0) is 15.9. The fourth-order valence-corrected chi connectivity index (χ4v) is 6.61. The first-order valence-corrected chi connectivity index (χ1v) is 9.17. The Labute approximate surface area is 134 Å². The van der Waals surface area contributed by atoms with E-state index in [0.29, 0.717) is 30.1 Å². The van der Waals surface area contributed by atoms with E-state index in [1.807, 2.05) is 0 Å². The molecule has 0 aromatic carbocycles. The number of carbonyl (C=O) groups is 1. The Kier molecular flexibility index (Phi) is 2.89. The van der Waals surface area contributed by atoms with Crippen molar-refractivity contribution in [2.45, 2.75) is 65.4 Å². The summed E-state index contributed by atoms with van der Waals surface area (Å²) in [7, 11) is 0. The standard InChI is InChI=1S/C20H30O2/c1-12-13-5-7-14(8-6-13)16(12)17(21)20(22)11-15-9-10-19(20,4)18(15,2)3/h5,7,12-16,22H,6,8-11H2,1-4H3/t12-,13+,14-,15+,16+,19+,20-/m0/s1. The zero-order valence-corrected chi connectivity index (χ0v) is 14.4. The van der Waals surface area contributed by atoms with Crippen LogP contribution in [0, 0.1) is 40.4 Å². The Hall–Kier alpha value is -0.630. The van der Waals surface area contributed by atoms with Crippen LogP contribution < -0.4 is 0 Å². The van der Waals surface area contributed by atoms with Crippen LogP contribution >= 0.6 is 0 Å². The molecule has 0 aromatic heterocycles. The topological polar surface area (TPSA) is 37.3 Å². The Morgan fingerprint density at radius 3 is 2.18 bits per heavy atom. The molecule has 5 rings (SSSR count). The summed E-state index contributed by atoms with van der Waals surface area (Å²) >= 11 is 0. The van der Waals surface area contributed by atoms with Gasteiger partial charge in [-0.2, -0.15) is 0 Å². The zero-order valence-electron chi connectivity index (χ0n) is 14.4. The lowest BCUT2D eigenvalue weighted by Crippen LogP contribution is -2.58. The summed E-state index contributed by atoms with van der Waals surface area (Å²) in [5.74, 6) is 2.02. The molecular formula is C20H30O2.